The minimum absolute atomic E-state index is 0.00173. The van der Waals surface area contributed by atoms with E-state index in [1.54, 1.807) is 26.3 Å². The van der Waals surface area contributed by atoms with Crippen molar-refractivity contribution in [1.29, 1.82) is 0 Å². The second kappa shape index (κ2) is 14.7. The van der Waals surface area contributed by atoms with E-state index in [4.69, 9.17) is 9.47 Å². The Morgan fingerprint density at radius 2 is 1.83 bits per heavy atom. The number of urea groups is 1. The lowest BCUT2D eigenvalue weighted by atomic mass is 9.88. The van der Waals surface area contributed by atoms with Gasteiger partial charge in [0.05, 0.1) is 18.4 Å². The number of pyridine rings is 1. The Morgan fingerprint density at radius 1 is 1.09 bits per heavy atom. The Hall–Kier alpha value is -4.40. The fourth-order valence-electron chi connectivity index (χ4n) is 7.62. The maximum Gasteiger partial charge on any atom is 0.315 e. The zero-order chi connectivity index (χ0) is 39.2. The molecule has 0 spiro atoms. The summed E-state index contributed by atoms with van der Waals surface area (Å²) in [6.45, 7) is 11.1. The fraction of sp³-hybridized carbons (Fsp3) is 0.615. The molecule has 0 radical (unpaired) electrons. The van der Waals surface area contributed by atoms with Crippen LogP contribution in [0.25, 0.3) is 10.8 Å². The van der Waals surface area contributed by atoms with Crippen LogP contribution in [0.5, 0.6) is 11.6 Å². The summed E-state index contributed by atoms with van der Waals surface area (Å²) >= 11 is 0. The van der Waals surface area contributed by atoms with E-state index in [0.717, 1.165) is 11.8 Å². The van der Waals surface area contributed by atoms with Crippen LogP contribution < -0.4 is 30.1 Å². The van der Waals surface area contributed by atoms with E-state index in [9.17, 15) is 27.6 Å². The molecule has 1 aromatic carbocycles. The molecule has 1 saturated heterocycles. The lowest BCUT2D eigenvalue weighted by Gasteiger charge is -2.33. The average molecular weight is 767 g/mol. The number of ether oxygens (including phenoxy) is 2. The Bertz CT molecular complexity index is 1940. The molecular weight excluding hydrogens is 713 g/mol. The SMILES string of the molecule is COc1ccc2c(O[C@@H]3C[C@H]4C(=O)N[C@]5(C(=O)NS(=O)(=O)C6(C)CC6)C[C@H]5C=CCC[C@H](C)C[C@@H](C)[C@H](NC(=O)NC(C)(C)C)C(=O)N4C3)nccc2c1. The summed E-state index contributed by atoms with van der Waals surface area (Å²) in [6, 6.07) is 4.72. The predicted molar refractivity (Wildman–Crippen MR) is 203 cm³/mol. The number of aromatic nitrogens is 1. The van der Waals surface area contributed by atoms with Gasteiger partial charge in [0.25, 0.3) is 5.91 Å². The average Bonchev–Trinajstić information content (AvgIpc) is 3.97. The van der Waals surface area contributed by atoms with Crippen LogP contribution in [0.1, 0.15) is 86.5 Å². The molecule has 6 rings (SSSR count). The highest BCUT2D eigenvalue weighted by molar-refractivity contribution is 7.91. The quantitative estimate of drug-likeness (QED) is 0.303. The number of hydrogen-bond acceptors (Lipinski definition) is 9. The molecule has 3 heterocycles. The minimum atomic E-state index is -3.99. The standard InChI is InChI=1S/C39H54N6O8S/c1-23-10-8-9-11-26-21-39(26,35(48)44-54(50,51)38(6)15-16-38)42-32(46)30-20-28(53-33-29-13-12-27(52-7)19-25(29)14-17-40-33)22-45(30)34(47)31(24(2)18-23)41-36(49)43-37(3,4)5/h9,11-14,17,19,23-24,26,28,30-31H,8,10,15-16,18,20-22H2,1-7H3,(H,42,46)(H,44,48)(H2,41,43,49)/t23-,24+,26+,28+,30-,31-,39+/m0/s1. The summed E-state index contributed by atoms with van der Waals surface area (Å²) in [5, 5.41) is 10.3. The molecular formula is C39H54N6O8S. The summed E-state index contributed by atoms with van der Waals surface area (Å²) in [4.78, 5) is 62.3. The minimum Gasteiger partial charge on any atom is -0.497 e. The highest BCUT2D eigenvalue weighted by Gasteiger charge is 2.63. The molecule has 7 atom stereocenters. The van der Waals surface area contributed by atoms with Crippen LogP contribution in [0.2, 0.25) is 0 Å². The Morgan fingerprint density at radius 3 is 2.52 bits per heavy atom. The molecule has 2 aromatic rings. The van der Waals surface area contributed by atoms with Crippen molar-refractivity contribution < 1.29 is 37.1 Å². The van der Waals surface area contributed by atoms with Crippen LogP contribution in [0.15, 0.2) is 42.6 Å². The molecule has 14 nitrogen and oxygen atoms in total. The van der Waals surface area contributed by atoms with E-state index in [0.29, 0.717) is 42.7 Å². The number of amides is 5. The number of fused-ring (bicyclic) bond motifs is 3. The summed E-state index contributed by atoms with van der Waals surface area (Å²) < 4.78 is 39.4. The summed E-state index contributed by atoms with van der Waals surface area (Å²) in [7, 11) is -2.41. The molecule has 15 heteroatoms. The molecule has 0 bridgehead atoms. The third-order valence-corrected chi connectivity index (χ3v) is 13.4. The molecule has 2 aliphatic carbocycles. The lowest BCUT2D eigenvalue weighted by Crippen LogP contribution is -2.60. The van der Waals surface area contributed by atoms with Gasteiger partial charge in [-0.05, 0) is 108 Å². The maximum absolute atomic E-state index is 14.8. The van der Waals surface area contributed by atoms with Crippen molar-refractivity contribution in [3.05, 3.63) is 42.6 Å². The summed E-state index contributed by atoms with van der Waals surface area (Å²) in [6.07, 6.45) is 8.03. The molecule has 294 valence electrons. The zero-order valence-corrected chi connectivity index (χ0v) is 33.0. The van der Waals surface area contributed by atoms with Crippen LogP contribution in [0.3, 0.4) is 0 Å². The van der Waals surface area contributed by atoms with Gasteiger partial charge in [0.2, 0.25) is 27.7 Å². The van der Waals surface area contributed by atoms with Gasteiger partial charge < -0.3 is 30.3 Å². The zero-order valence-electron chi connectivity index (χ0n) is 32.2. The van der Waals surface area contributed by atoms with Crippen molar-refractivity contribution in [1.82, 2.24) is 30.6 Å². The van der Waals surface area contributed by atoms with Gasteiger partial charge >= 0.3 is 6.03 Å². The first-order chi connectivity index (χ1) is 25.3. The number of rotatable bonds is 7. The topological polar surface area (TPSA) is 185 Å². The molecule has 1 aromatic heterocycles. The van der Waals surface area contributed by atoms with Crippen LogP contribution in [0.4, 0.5) is 4.79 Å². The van der Waals surface area contributed by atoms with E-state index in [-0.39, 0.29) is 31.2 Å². The Balaban J connectivity index is 1.35. The molecule has 2 saturated carbocycles. The van der Waals surface area contributed by atoms with Crippen molar-refractivity contribution in [3.8, 4) is 11.6 Å². The number of sulfonamides is 1. The first-order valence-corrected chi connectivity index (χ1v) is 20.4. The van der Waals surface area contributed by atoms with Crippen molar-refractivity contribution >= 4 is 44.5 Å². The van der Waals surface area contributed by atoms with Gasteiger partial charge in [0.1, 0.15) is 29.5 Å². The van der Waals surface area contributed by atoms with Crippen LogP contribution in [-0.2, 0) is 24.4 Å². The highest BCUT2D eigenvalue weighted by atomic mass is 32.2. The van der Waals surface area contributed by atoms with Gasteiger partial charge in [-0.3, -0.25) is 19.1 Å². The molecule has 2 aliphatic heterocycles. The van der Waals surface area contributed by atoms with Crippen molar-refractivity contribution in [2.45, 2.75) is 121 Å². The molecule has 54 heavy (non-hydrogen) atoms. The van der Waals surface area contributed by atoms with Crippen LogP contribution in [-0.4, -0.2) is 89.7 Å². The number of benzene rings is 1. The lowest BCUT2D eigenvalue weighted by molar-refractivity contribution is -0.142. The number of allylic oxidation sites excluding steroid dienone is 1. The fourth-order valence-corrected chi connectivity index (χ4v) is 8.93. The molecule has 4 N–H and O–H groups in total. The van der Waals surface area contributed by atoms with Gasteiger partial charge in [-0.15, -0.1) is 0 Å². The van der Waals surface area contributed by atoms with Crippen LogP contribution in [0, 0.1) is 17.8 Å². The van der Waals surface area contributed by atoms with Crippen LogP contribution >= 0.6 is 0 Å². The smallest absolute Gasteiger partial charge is 0.315 e. The Labute approximate surface area is 317 Å². The van der Waals surface area contributed by atoms with Crippen molar-refractivity contribution in [3.63, 3.8) is 0 Å². The van der Waals surface area contributed by atoms with E-state index >= 15 is 0 Å². The van der Waals surface area contributed by atoms with Crippen molar-refractivity contribution in [2.75, 3.05) is 13.7 Å². The highest BCUT2D eigenvalue weighted by Crippen LogP contribution is 2.47. The van der Waals surface area contributed by atoms with E-state index in [1.165, 1.54) is 4.90 Å². The number of methoxy groups -OCH3 is 1. The maximum atomic E-state index is 14.8. The number of hydrogen-bond donors (Lipinski definition) is 4. The van der Waals surface area contributed by atoms with Gasteiger partial charge in [-0.25, -0.2) is 18.2 Å². The molecule has 0 unspecified atom stereocenters. The number of carbonyl (C=O) groups excluding carboxylic acids is 4. The second-order valence-corrected chi connectivity index (χ2v) is 19.2. The number of nitrogens with one attached hydrogen (secondary N) is 4. The van der Waals surface area contributed by atoms with Gasteiger partial charge in [-0.1, -0.05) is 26.0 Å². The van der Waals surface area contributed by atoms with E-state index in [2.05, 4.69) is 32.6 Å². The van der Waals surface area contributed by atoms with Gasteiger partial charge in [-0.2, -0.15) is 0 Å². The van der Waals surface area contributed by atoms with Gasteiger partial charge in [0, 0.05) is 29.5 Å². The molecule has 5 amide bonds. The second-order valence-electron chi connectivity index (χ2n) is 17.0. The third-order valence-electron chi connectivity index (χ3n) is 11.2. The van der Waals surface area contributed by atoms with E-state index in [1.807, 2.05) is 58.0 Å². The van der Waals surface area contributed by atoms with E-state index < -0.39 is 73.7 Å². The molecule has 3 fully saturated rings. The predicted octanol–water partition coefficient (Wildman–Crippen LogP) is 3.94. The summed E-state index contributed by atoms with van der Waals surface area (Å²) in [5.41, 5.74) is -2.08. The summed E-state index contributed by atoms with van der Waals surface area (Å²) in [5.74, 6) is -1.43. The number of nitrogens with zero attached hydrogens (tertiary/aromatic N) is 2. The Kier molecular flexibility index (Phi) is 10.7. The first-order valence-electron chi connectivity index (χ1n) is 18.9. The van der Waals surface area contributed by atoms with Crippen molar-refractivity contribution in [2.24, 2.45) is 17.8 Å². The first kappa shape index (κ1) is 39.3. The normalized spacial score (nSPS) is 29.8. The van der Waals surface area contributed by atoms with Gasteiger partial charge in [0.15, 0.2) is 0 Å². The number of carbonyl (C=O) groups is 4. The third kappa shape index (κ3) is 8.30. The largest absolute Gasteiger partial charge is 0.497 e. The molecule has 4 aliphatic rings. The monoisotopic (exact) mass is 766 g/mol.